The van der Waals surface area contributed by atoms with E-state index in [1.807, 2.05) is 34.9 Å². The summed E-state index contributed by atoms with van der Waals surface area (Å²) in [5.41, 5.74) is 2.10. The van der Waals surface area contributed by atoms with Crippen LogP contribution < -0.4 is 10.6 Å². The normalized spacial score (nSPS) is 14.3. The summed E-state index contributed by atoms with van der Waals surface area (Å²) in [7, 11) is 0. The number of carbonyl (C=O) groups excluding carboxylic acids is 4. The molecule has 0 saturated heterocycles. The van der Waals surface area contributed by atoms with Gasteiger partial charge >= 0.3 is 0 Å². The summed E-state index contributed by atoms with van der Waals surface area (Å²) in [5.74, 6) is -0.768. The molecule has 0 saturated carbocycles. The van der Waals surface area contributed by atoms with Crippen molar-refractivity contribution >= 4 is 23.6 Å². The number of amides is 4. The molecule has 0 aliphatic carbocycles. The second-order valence-corrected chi connectivity index (χ2v) is 7.09. The van der Waals surface area contributed by atoms with E-state index < -0.39 is 0 Å². The zero-order chi connectivity index (χ0) is 23.0. The molecule has 0 fully saturated rings. The standard InChI is InChI=1S/C15H16O2.2C4H3NO2/c1-15(2,11-3-7-13(16)8-4-11)12-5-9-14(17)10-6-12;2*6-3-1-2-4(7)5-3/h3-10,16-17H,1-2H3;2*1-2H,(H,5,6,7). The highest BCUT2D eigenvalue weighted by atomic mass is 16.3. The summed E-state index contributed by atoms with van der Waals surface area (Å²) in [4.78, 5) is 40.1. The highest BCUT2D eigenvalue weighted by Gasteiger charge is 2.22. The van der Waals surface area contributed by atoms with Crippen molar-refractivity contribution in [2.45, 2.75) is 19.3 Å². The summed E-state index contributed by atoms with van der Waals surface area (Å²) < 4.78 is 0. The zero-order valence-corrected chi connectivity index (χ0v) is 17.0. The number of rotatable bonds is 2. The van der Waals surface area contributed by atoms with Crippen LogP contribution in [0.25, 0.3) is 0 Å². The molecule has 4 N–H and O–H groups in total. The predicted octanol–water partition coefficient (Wildman–Crippen LogP) is 1.82. The number of phenolic OH excluding ortho intramolecular Hbond substituents is 2. The van der Waals surface area contributed by atoms with E-state index >= 15 is 0 Å². The maximum Gasteiger partial charge on any atom is 0.250 e. The van der Waals surface area contributed by atoms with E-state index in [2.05, 4.69) is 13.8 Å². The lowest BCUT2D eigenvalue weighted by molar-refractivity contribution is -0.125. The summed E-state index contributed by atoms with van der Waals surface area (Å²) >= 11 is 0. The molecule has 160 valence electrons. The van der Waals surface area contributed by atoms with Crippen molar-refractivity contribution in [2.24, 2.45) is 0 Å². The molecule has 0 radical (unpaired) electrons. The number of hydrogen-bond acceptors (Lipinski definition) is 6. The Bertz CT molecular complexity index is 919. The average molecular weight is 422 g/mol. The fourth-order valence-corrected chi connectivity index (χ4v) is 2.64. The predicted molar refractivity (Wildman–Crippen MR) is 113 cm³/mol. The maximum absolute atomic E-state index is 10.0. The molecule has 2 aliphatic rings. The van der Waals surface area contributed by atoms with Gasteiger partial charge in [-0.15, -0.1) is 0 Å². The average Bonchev–Trinajstić information content (AvgIpc) is 3.29. The monoisotopic (exact) mass is 422 g/mol. The molecule has 0 spiro atoms. The minimum atomic E-state index is -0.329. The molecule has 8 nitrogen and oxygen atoms in total. The third kappa shape index (κ3) is 6.97. The lowest BCUT2D eigenvalue weighted by atomic mass is 9.78. The Hall–Kier alpha value is -4.20. The van der Waals surface area contributed by atoms with Crippen molar-refractivity contribution in [1.29, 1.82) is 0 Å². The van der Waals surface area contributed by atoms with Gasteiger partial charge in [0.15, 0.2) is 0 Å². The number of phenols is 2. The van der Waals surface area contributed by atoms with Crippen LogP contribution in [0.2, 0.25) is 0 Å². The van der Waals surface area contributed by atoms with Crippen molar-refractivity contribution in [2.75, 3.05) is 0 Å². The van der Waals surface area contributed by atoms with E-state index in [9.17, 15) is 29.4 Å². The van der Waals surface area contributed by atoms with Crippen molar-refractivity contribution in [3.05, 3.63) is 84.0 Å². The van der Waals surface area contributed by atoms with Gasteiger partial charge < -0.3 is 10.2 Å². The van der Waals surface area contributed by atoms with Crippen LogP contribution in [-0.4, -0.2) is 33.8 Å². The summed E-state index contributed by atoms with van der Waals surface area (Å²) in [6, 6.07) is 14.4. The van der Waals surface area contributed by atoms with Crippen LogP contribution in [0.5, 0.6) is 11.5 Å². The van der Waals surface area contributed by atoms with Crippen LogP contribution >= 0.6 is 0 Å². The number of hydrogen-bond donors (Lipinski definition) is 4. The Kier molecular flexibility index (Phi) is 7.46. The van der Waals surface area contributed by atoms with E-state index in [1.165, 1.54) is 24.3 Å². The number of aromatic hydroxyl groups is 2. The topological polar surface area (TPSA) is 133 Å². The van der Waals surface area contributed by atoms with Crippen LogP contribution in [0.3, 0.4) is 0 Å². The van der Waals surface area contributed by atoms with Gasteiger partial charge in [-0.05, 0) is 35.4 Å². The summed E-state index contributed by atoms with van der Waals surface area (Å²) in [6.07, 6.45) is 4.79. The molecule has 2 heterocycles. The van der Waals surface area contributed by atoms with Crippen LogP contribution in [0.1, 0.15) is 25.0 Å². The quantitative estimate of drug-likeness (QED) is 0.546. The first-order valence-electron chi connectivity index (χ1n) is 9.23. The van der Waals surface area contributed by atoms with Gasteiger partial charge in [-0.1, -0.05) is 38.1 Å². The second-order valence-electron chi connectivity index (χ2n) is 7.09. The fraction of sp³-hybridized carbons (Fsp3) is 0.130. The Morgan fingerprint density at radius 3 is 1.00 bits per heavy atom. The van der Waals surface area contributed by atoms with E-state index in [-0.39, 0.29) is 40.5 Å². The molecule has 0 aromatic heterocycles. The maximum atomic E-state index is 10.0. The lowest BCUT2D eigenvalue weighted by Gasteiger charge is -2.26. The van der Waals surface area contributed by atoms with E-state index in [0.29, 0.717) is 0 Å². The number of carbonyl (C=O) groups is 4. The molecule has 2 aliphatic heterocycles. The third-order valence-electron chi connectivity index (χ3n) is 4.44. The summed E-state index contributed by atoms with van der Waals surface area (Å²) in [5, 5.41) is 22.6. The Balaban J connectivity index is 0.000000199. The summed E-state index contributed by atoms with van der Waals surface area (Å²) in [6.45, 7) is 4.23. The van der Waals surface area contributed by atoms with Crippen LogP contribution in [0.4, 0.5) is 0 Å². The van der Waals surface area contributed by atoms with Gasteiger partial charge in [0.05, 0.1) is 0 Å². The zero-order valence-electron chi connectivity index (χ0n) is 17.0. The van der Waals surface area contributed by atoms with Gasteiger partial charge in [0.25, 0.3) is 23.6 Å². The lowest BCUT2D eigenvalue weighted by Crippen LogP contribution is -2.19. The minimum Gasteiger partial charge on any atom is -0.508 e. The highest BCUT2D eigenvalue weighted by Crippen LogP contribution is 2.32. The largest absolute Gasteiger partial charge is 0.508 e. The van der Waals surface area contributed by atoms with Crippen LogP contribution in [0, 0.1) is 0 Å². The number of benzene rings is 2. The van der Waals surface area contributed by atoms with Crippen molar-refractivity contribution < 1.29 is 29.4 Å². The molecular formula is C23H22N2O6. The highest BCUT2D eigenvalue weighted by molar-refractivity contribution is 6.13. The fourth-order valence-electron chi connectivity index (χ4n) is 2.64. The van der Waals surface area contributed by atoms with E-state index in [0.717, 1.165) is 11.1 Å². The molecule has 0 unspecified atom stereocenters. The second kappa shape index (κ2) is 10.0. The van der Waals surface area contributed by atoms with Crippen molar-refractivity contribution in [3.8, 4) is 11.5 Å². The van der Waals surface area contributed by atoms with Gasteiger partial charge in [0, 0.05) is 29.7 Å². The Morgan fingerprint density at radius 2 is 0.806 bits per heavy atom. The van der Waals surface area contributed by atoms with E-state index in [1.54, 1.807) is 24.3 Å². The van der Waals surface area contributed by atoms with Gasteiger partial charge in [0.1, 0.15) is 11.5 Å². The van der Waals surface area contributed by atoms with Gasteiger partial charge in [-0.25, -0.2) is 0 Å². The molecule has 2 aromatic carbocycles. The molecule has 4 rings (SSSR count). The molecule has 0 atom stereocenters. The minimum absolute atomic E-state index is 0.151. The van der Waals surface area contributed by atoms with Gasteiger partial charge in [-0.2, -0.15) is 0 Å². The smallest absolute Gasteiger partial charge is 0.250 e. The van der Waals surface area contributed by atoms with Gasteiger partial charge in [-0.3, -0.25) is 29.8 Å². The Labute approximate surface area is 178 Å². The SMILES string of the molecule is CC(C)(c1ccc(O)cc1)c1ccc(O)cc1.O=C1C=CC(=O)N1.O=C1C=CC(=O)N1. The molecule has 31 heavy (non-hydrogen) atoms. The van der Waals surface area contributed by atoms with Crippen molar-refractivity contribution in [3.63, 3.8) is 0 Å². The molecule has 4 amide bonds. The van der Waals surface area contributed by atoms with E-state index in [4.69, 9.17) is 0 Å². The van der Waals surface area contributed by atoms with Crippen LogP contribution in [0.15, 0.2) is 72.8 Å². The Morgan fingerprint density at radius 1 is 0.548 bits per heavy atom. The molecular weight excluding hydrogens is 400 g/mol. The molecule has 2 aromatic rings. The van der Waals surface area contributed by atoms with Crippen molar-refractivity contribution in [1.82, 2.24) is 10.6 Å². The number of nitrogens with one attached hydrogen (secondary N) is 2. The first kappa shape index (κ1) is 23.1. The third-order valence-corrected chi connectivity index (χ3v) is 4.44. The van der Waals surface area contributed by atoms with Crippen LogP contribution in [-0.2, 0) is 24.6 Å². The molecule has 8 heteroatoms. The first-order valence-corrected chi connectivity index (χ1v) is 9.23. The number of imide groups is 2. The molecule has 0 bridgehead atoms. The first-order chi connectivity index (χ1) is 14.6. The van der Waals surface area contributed by atoms with Gasteiger partial charge in [0.2, 0.25) is 0 Å².